The van der Waals surface area contributed by atoms with Crippen molar-refractivity contribution < 1.29 is 46.8 Å². The van der Waals surface area contributed by atoms with E-state index in [1.165, 1.54) is 55.6 Å². The van der Waals surface area contributed by atoms with Gasteiger partial charge in [-0.3, -0.25) is 4.79 Å². The molecule has 0 unspecified atom stereocenters. The quantitative estimate of drug-likeness (QED) is 0.0922. The minimum Gasteiger partial charge on any atom is -0.495 e. The number of hydrogen-bond acceptors (Lipinski definition) is 10. The molecule has 56 heavy (non-hydrogen) atoms. The maximum Gasteiger partial charge on any atom is 0.338 e. The molecule has 3 aromatic rings. The summed E-state index contributed by atoms with van der Waals surface area (Å²) in [5.41, 5.74) is -1.97. The summed E-state index contributed by atoms with van der Waals surface area (Å²) in [4.78, 5) is 27.2. The molecule has 0 aromatic heterocycles. The van der Waals surface area contributed by atoms with E-state index in [-0.39, 0.29) is 63.8 Å². The average Bonchev–Trinajstić information content (AvgIpc) is 3.46. The lowest BCUT2D eigenvalue weighted by Gasteiger charge is -2.37. The van der Waals surface area contributed by atoms with E-state index in [0.29, 0.717) is 46.1 Å². The summed E-state index contributed by atoms with van der Waals surface area (Å²) in [5, 5.41) is 17.1. The first kappa shape index (κ1) is 46.8. The van der Waals surface area contributed by atoms with Crippen LogP contribution >= 0.6 is 35.6 Å². The highest BCUT2D eigenvalue weighted by Crippen LogP contribution is 2.53. The highest BCUT2D eigenvalue weighted by Gasteiger charge is 2.61. The second-order valence-electron chi connectivity index (χ2n) is 14.1. The van der Waals surface area contributed by atoms with Crippen LogP contribution in [0.3, 0.4) is 0 Å². The lowest BCUT2D eigenvalue weighted by atomic mass is 9.62. The molecule has 0 bridgehead atoms. The van der Waals surface area contributed by atoms with Gasteiger partial charge in [0.2, 0.25) is 5.91 Å². The van der Waals surface area contributed by atoms with Gasteiger partial charge < -0.3 is 39.1 Å². The molecule has 11 nitrogen and oxygen atoms in total. The van der Waals surface area contributed by atoms with Crippen molar-refractivity contribution in [1.82, 2.24) is 5.32 Å². The Hall–Kier alpha value is -3.58. The zero-order valence-electron chi connectivity index (χ0n) is 31.9. The van der Waals surface area contributed by atoms with Crippen molar-refractivity contribution in [2.75, 3.05) is 72.4 Å². The van der Waals surface area contributed by atoms with Crippen LogP contribution in [0.2, 0.25) is 10.0 Å². The van der Waals surface area contributed by atoms with Crippen LogP contribution in [-0.4, -0.2) is 91.0 Å². The Balaban J connectivity index is 0.00000841. The van der Waals surface area contributed by atoms with Gasteiger partial charge in [0.05, 0.1) is 81.7 Å². The summed E-state index contributed by atoms with van der Waals surface area (Å²) in [6, 6.07) is 12.8. The van der Waals surface area contributed by atoms with Crippen LogP contribution in [0, 0.1) is 28.4 Å². The Kier molecular flexibility index (Phi) is 18.2. The average molecular weight is 843 g/mol. The number of methoxy groups -OCH3 is 2. The van der Waals surface area contributed by atoms with Crippen LogP contribution in [-0.2, 0) is 33.9 Å². The zero-order chi connectivity index (χ0) is 40.2. The molecule has 4 rings (SSSR count). The number of hydrogen-bond donors (Lipinski definition) is 2. The van der Waals surface area contributed by atoms with Crippen molar-refractivity contribution in [3.63, 3.8) is 0 Å². The highest BCUT2D eigenvalue weighted by molar-refractivity contribution is 6.31. The molecule has 0 radical (unpaired) electrons. The molecule has 0 aliphatic carbocycles. The number of nitrogens with zero attached hydrogens (tertiary/aromatic N) is 1. The van der Waals surface area contributed by atoms with Crippen molar-refractivity contribution in [2.24, 2.45) is 5.41 Å². The number of rotatable bonds is 19. The van der Waals surface area contributed by atoms with E-state index in [9.17, 15) is 14.9 Å². The minimum absolute atomic E-state index is 0. The minimum atomic E-state index is -1.80. The number of nitriles is 1. The molecule has 1 aliphatic heterocycles. The maximum absolute atomic E-state index is 16.0. The van der Waals surface area contributed by atoms with E-state index in [2.05, 4.69) is 16.7 Å². The number of ether oxygens (including phenoxy) is 6. The third-order valence-electron chi connectivity index (χ3n) is 9.06. The number of carbonyl (C=O) groups excluding carboxylic acids is 2. The fraction of sp³-hybridized carbons (Fsp3) is 0.475. The third-order valence-corrected chi connectivity index (χ3v) is 9.59. The number of esters is 1. The molecular weight excluding hydrogens is 795 g/mol. The van der Waals surface area contributed by atoms with Gasteiger partial charge in [0, 0.05) is 29.7 Å². The molecule has 1 aliphatic rings. The van der Waals surface area contributed by atoms with Crippen molar-refractivity contribution >= 4 is 53.2 Å². The van der Waals surface area contributed by atoms with Gasteiger partial charge in [-0.25, -0.2) is 13.6 Å². The van der Waals surface area contributed by atoms with Gasteiger partial charge in [-0.05, 0) is 53.8 Å². The van der Waals surface area contributed by atoms with Gasteiger partial charge in [-0.1, -0.05) is 62.2 Å². The first-order valence-corrected chi connectivity index (χ1v) is 18.5. The summed E-state index contributed by atoms with van der Waals surface area (Å²) in [7, 11) is 2.96. The number of nitrogens with one attached hydrogen (secondary N) is 2. The smallest absolute Gasteiger partial charge is 0.338 e. The maximum atomic E-state index is 16.0. The predicted molar refractivity (Wildman–Crippen MR) is 211 cm³/mol. The van der Waals surface area contributed by atoms with Crippen LogP contribution in [0.4, 0.5) is 14.5 Å². The molecule has 3 aromatic carbocycles. The monoisotopic (exact) mass is 841 g/mol. The molecule has 4 atom stereocenters. The van der Waals surface area contributed by atoms with E-state index in [4.69, 9.17) is 51.6 Å². The van der Waals surface area contributed by atoms with E-state index in [1.807, 2.05) is 20.8 Å². The van der Waals surface area contributed by atoms with E-state index in [0.717, 1.165) is 6.07 Å². The fourth-order valence-electron chi connectivity index (χ4n) is 6.65. The number of amides is 1. The lowest BCUT2D eigenvalue weighted by Crippen LogP contribution is -2.45. The summed E-state index contributed by atoms with van der Waals surface area (Å²) in [5.74, 6) is -4.06. The molecule has 1 amide bonds. The molecule has 1 heterocycles. The van der Waals surface area contributed by atoms with Gasteiger partial charge in [-0.15, -0.1) is 12.4 Å². The van der Waals surface area contributed by atoms with Crippen molar-refractivity contribution in [3.05, 3.63) is 93.0 Å². The van der Waals surface area contributed by atoms with Crippen LogP contribution in [0.1, 0.15) is 54.6 Å². The van der Waals surface area contributed by atoms with Gasteiger partial charge >= 0.3 is 5.97 Å². The second-order valence-corrected chi connectivity index (χ2v) is 14.9. The summed E-state index contributed by atoms with van der Waals surface area (Å²) < 4.78 is 63.9. The SMILES string of the molecule is COCCOCCOCCOCCOC(=O)c1ccc(NC(=O)[C@@H]2N[C@@H](CC(C)(C)C)[C@](C#N)(c3ccc(Cl)cc3F)[C@H]2c2cccc(Cl)c2F)c(OC)c1.Cl. The Morgan fingerprint density at radius 1 is 0.911 bits per heavy atom. The normalized spacial score (nSPS) is 19.2. The number of carbonyl (C=O) groups is 2. The molecule has 306 valence electrons. The summed E-state index contributed by atoms with van der Waals surface area (Å²) in [6.07, 6.45) is 0.301. The van der Waals surface area contributed by atoms with Gasteiger partial charge in [-0.2, -0.15) is 5.26 Å². The lowest BCUT2D eigenvalue weighted by molar-refractivity contribution is -0.118. The van der Waals surface area contributed by atoms with E-state index >= 15 is 8.78 Å². The third kappa shape index (κ3) is 11.7. The van der Waals surface area contributed by atoms with Gasteiger partial charge in [0.15, 0.2) is 0 Å². The van der Waals surface area contributed by atoms with Crippen molar-refractivity contribution in [3.8, 4) is 11.8 Å². The zero-order valence-corrected chi connectivity index (χ0v) is 34.3. The largest absolute Gasteiger partial charge is 0.495 e. The summed E-state index contributed by atoms with van der Waals surface area (Å²) in [6.45, 7) is 8.50. The molecule has 2 N–H and O–H groups in total. The summed E-state index contributed by atoms with van der Waals surface area (Å²) >= 11 is 12.4. The van der Waals surface area contributed by atoms with Gasteiger partial charge in [0.1, 0.15) is 29.4 Å². The van der Waals surface area contributed by atoms with Crippen LogP contribution in [0.15, 0.2) is 54.6 Å². The topological polar surface area (TPSA) is 137 Å². The molecule has 1 saturated heterocycles. The molecular formula is C40H48Cl3F2N3O8. The Bertz CT molecular complexity index is 1830. The first-order valence-electron chi connectivity index (χ1n) is 17.7. The van der Waals surface area contributed by atoms with Gasteiger partial charge in [0.25, 0.3) is 0 Å². The van der Waals surface area contributed by atoms with Crippen molar-refractivity contribution in [2.45, 2.75) is 50.6 Å². The number of halogens is 5. The number of anilines is 1. The number of benzene rings is 3. The highest BCUT2D eigenvalue weighted by atomic mass is 35.5. The standard InChI is InChI=1S/C40H47Cl2F2N3O8.ClH/c1-39(2,3)23-33-40(24-45,28-11-10-26(41)22-30(28)43)34(27-7-6-8-29(42)35(27)44)36(47-33)37(48)46-31-12-9-25(21-32(31)51-5)38(49)55-20-19-54-18-17-53-16-15-52-14-13-50-4;/h6-12,21-22,33-34,36,47H,13-20,23H2,1-5H3,(H,46,48);1H/t33-,34-,36+,40-;/m0./s1. The molecule has 1 fully saturated rings. The Morgan fingerprint density at radius 3 is 2.14 bits per heavy atom. The van der Waals surface area contributed by atoms with E-state index in [1.54, 1.807) is 7.11 Å². The Labute approximate surface area is 342 Å². The van der Waals surface area contributed by atoms with Crippen LogP contribution in [0.25, 0.3) is 0 Å². The predicted octanol–water partition coefficient (Wildman–Crippen LogP) is 7.52. The molecule has 0 spiro atoms. The fourth-order valence-corrected chi connectivity index (χ4v) is 6.99. The van der Waals surface area contributed by atoms with Crippen LogP contribution < -0.4 is 15.4 Å². The second kappa shape index (κ2) is 21.8. The van der Waals surface area contributed by atoms with Crippen molar-refractivity contribution in [1.29, 1.82) is 5.26 Å². The van der Waals surface area contributed by atoms with Crippen LogP contribution in [0.5, 0.6) is 5.75 Å². The van der Waals surface area contributed by atoms with E-state index < -0.39 is 52.3 Å². The molecule has 16 heteroatoms. The first-order chi connectivity index (χ1) is 26.3. The molecule has 0 saturated carbocycles. The Morgan fingerprint density at radius 2 is 1.55 bits per heavy atom.